The Morgan fingerprint density at radius 2 is 2.00 bits per heavy atom. The monoisotopic (exact) mass is 333 g/mol. The lowest BCUT2D eigenvalue weighted by atomic mass is 10.1. The van der Waals surface area contributed by atoms with Gasteiger partial charge in [0.2, 0.25) is 10.0 Å². The number of nitrogens with zero attached hydrogens (tertiary/aromatic N) is 1. The highest BCUT2D eigenvalue weighted by Crippen LogP contribution is 2.19. The van der Waals surface area contributed by atoms with Gasteiger partial charge in [0.15, 0.2) is 9.84 Å². The van der Waals surface area contributed by atoms with Crippen molar-refractivity contribution in [1.82, 2.24) is 4.31 Å². The third-order valence-corrected chi connectivity index (χ3v) is 7.24. The second-order valence-corrected chi connectivity index (χ2v) is 9.46. The van der Waals surface area contributed by atoms with Crippen LogP contribution >= 0.6 is 0 Å². The van der Waals surface area contributed by atoms with Gasteiger partial charge < -0.3 is 5.11 Å². The van der Waals surface area contributed by atoms with Gasteiger partial charge >= 0.3 is 0 Å². The van der Waals surface area contributed by atoms with Crippen molar-refractivity contribution in [2.45, 2.75) is 25.3 Å². The van der Waals surface area contributed by atoms with E-state index in [2.05, 4.69) is 0 Å². The summed E-state index contributed by atoms with van der Waals surface area (Å²) < 4.78 is 49.2. The lowest BCUT2D eigenvalue weighted by Gasteiger charge is -2.32. The Bertz CT molecular complexity index is 712. The number of sulfonamides is 1. The smallest absolute Gasteiger partial charge is 0.218 e. The Hall–Kier alpha value is -0.960. The molecule has 2 rings (SSSR count). The van der Waals surface area contributed by atoms with Crippen molar-refractivity contribution in [2.24, 2.45) is 0 Å². The van der Waals surface area contributed by atoms with Crippen LogP contribution in [0.25, 0.3) is 0 Å². The molecule has 0 aromatic heterocycles. The molecule has 0 saturated carbocycles. The number of hydrogen-bond acceptors (Lipinski definition) is 5. The lowest BCUT2D eigenvalue weighted by molar-refractivity contribution is 0.281. The van der Waals surface area contributed by atoms with Crippen LogP contribution in [0.3, 0.4) is 0 Å². The van der Waals surface area contributed by atoms with Crippen LogP contribution in [0, 0.1) is 0 Å². The maximum atomic E-state index is 12.4. The Kier molecular flexibility index (Phi) is 4.72. The third kappa shape index (κ3) is 4.03. The van der Waals surface area contributed by atoms with Gasteiger partial charge in [0.1, 0.15) is 0 Å². The third-order valence-electron chi connectivity index (χ3n) is 3.49. The molecule has 1 N–H and O–H groups in total. The molecular weight excluding hydrogens is 314 g/mol. The average Bonchev–Trinajstić information content (AvgIpc) is 2.36. The van der Waals surface area contributed by atoms with Gasteiger partial charge in [-0.1, -0.05) is 24.3 Å². The molecule has 0 amide bonds. The van der Waals surface area contributed by atoms with E-state index in [1.807, 2.05) is 0 Å². The second kappa shape index (κ2) is 6.04. The fourth-order valence-corrected chi connectivity index (χ4v) is 6.03. The predicted octanol–water partition coefficient (Wildman–Crippen LogP) is 0.128. The van der Waals surface area contributed by atoms with Crippen LogP contribution in [0.1, 0.15) is 18.1 Å². The minimum Gasteiger partial charge on any atom is -0.392 e. The summed E-state index contributed by atoms with van der Waals surface area (Å²) in [6.45, 7) is 1.47. The van der Waals surface area contributed by atoms with E-state index >= 15 is 0 Å². The summed E-state index contributed by atoms with van der Waals surface area (Å²) >= 11 is 0. The molecule has 6 nitrogen and oxygen atoms in total. The Morgan fingerprint density at radius 1 is 1.33 bits per heavy atom. The fraction of sp³-hybridized carbons (Fsp3) is 0.538. The minimum atomic E-state index is -3.57. The fourth-order valence-electron chi connectivity index (χ4n) is 2.51. The van der Waals surface area contributed by atoms with E-state index in [1.54, 1.807) is 31.2 Å². The highest BCUT2D eigenvalue weighted by atomic mass is 32.2. The largest absolute Gasteiger partial charge is 0.392 e. The van der Waals surface area contributed by atoms with E-state index < -0.39 is 25.9 Å². The van der Waals surface area contributed by atoms with Gasteiger partial charge in [0, 0.05) is 12.6 Å². The van der Waals surface area contributed by atoms with Gasteiger partial charge in [0.05, 0.1) is 23.9 Å². The van der Waals surface area contributed by atoms with Gasteiger partial charge in [-0.2, -0.15) is 4.31 Å². The molecule has 0 bridgehead atoms. The van der Waals surface area contributed by atoms with Gasteiger partial charge in [-0.25, -0.2) is 16.8 Å². The van der Waals surface area contributed by atoms with E-state index in [0.717, 1.165) is 0 Å². The molecule has 0 radical (unpaired) electrons. The maximum Gasteiger partial charge on any atom is 0.218 e. The van der Waals surface area contributed by atoms with Crippen LogP contribution < -0.4 is 0 Å². The van der Waals surface area contributed by atoms with Gasteiger partial charge in [0.25, 0.3) is 0 Å². The average molecular weight is 333 g/mol. The van der Waals surface area contributed by atoms with Crippen molar-refractivity contribution in [3.8, 4) is 0 Å². The molecule has 118 valence electrons. The van der Waals surface area contributed by atoms with Crippen molar-refractivity contribution in [3.05, 3.63) is 35.4 Å². The lowest BCUT2D eigenvalue weighted by Crippen LogP contribution is -2.49. The number of benzene rings is 1. The number of aliphatic hydroxyl groups excluding tert-OH is 1. The van der Waals surface area contributed by atoms with Gasteiger partial charge in [-0.15, -0.1) is 0 Å². The van der Waals surface area contributed by atoms with Crippen molar-refractivity contribution >= 4 is 19.9 Å². The zero-order valence-electron chi connectivity index (χ0n) is 11.8. The Balaban J connectivity index is 2.18. The zero-order chi connectivity index (χ0) is 15.7. The highest BCUT2D eigenvalue weighted by Gasteiger charge is 2.35. The summed E-state index contributed by atoms with van der Waals surface area (Å²) in [4.78, 5) is 0. The van der Waals surface area contributed by atoms with Crippen molar-refractivity contribution in [2.75, 3.05) is 18.1 Å². The summed E-state index contributed by atoms with van der Waals surface area (Å²) in [5.74, 6) is -0.457. The van der Waals surface area contributed by atoms with Crippen LogP contribution in [0.2, 0.25) is 0 Å². The van der Waals surface area contributed by atoms with E-state index in [1.165, 1.54) is 4.31 Å². The van der Waals surface area contributed by atoms with Crippen molar-refractivity contribution in [3.63, 3.8) is 0 Å². The molecule has 1 unspecified atom stereocenters. The molecule has 1 aromatic carbocycles. The van der Waals surface area contributed by atoms with E-state index in [4.69, 9.17) is 5.11 Å². The topological polar surface area (TPSA) is 91.8 Å². The molecular formula is C13H19NO5S2. The standard InChI is InChI=1S/C13H19NO5S2/c1-11-9-20(16,17)6-5-14(11)21(18,19)10-13-4-2-3-12(7-13)8-15/h2-4,7,11,15H,5-6,8-10H2,1H3. The summed E-state index contributed by atoms with van der Waals surface area (Å²) in [7, 11) is -6.72. The van der Waals surface area contributed by atoms with Crippen LogP contribution in [0.4, 0.5) is 0 Å². The molecule has 1 fully saturated rings. The molecule has 1 aliphatic heterocycles. The number of rotatable bonds is 4. The Labute approximate surface area is 125 Å². The minimum absolute atomic E-state index is 0.00548. The van der Waals surface area contributed by atoms with E-state index in [-0.39, 0.29) is 30.4 Å². The molecule has 1 atom stereocenters. The molecule has 1 heterocycles. The summed E-state index contributed by atoms with van der Waals surface area (Å²) in [6, 6.07) is 6.19. The van der Waals surface area contributed by atoms with Crippen molar-refractivity contribution < 1.29 is 21.9 Å². The molecule has 0 spiro atoms. The molecule has 0 aliphatic carbocycles. The zero-order valence-corrected chi connectivity index (χ0v) is 13.4. The molecule has 8 heteroatoms. The SMILES string of the molecule is CC1CS(=O)(=O)CCN1S(=O)(=O)Cc1cccc(CO)c1. The second-order valence-electron chi connectivity index (χ2n) is 5.31. The molecule has 1 aliphatic rings. The Morgan fingerprint density at radius 3 is 2.62 bits per heavy atom. The van der Waals surface area contributed by atoms with Crippen LogP contribution in [0.5, 0.6) is 0 Å². The van der Waals surface area contributed by atoms with Gasteiger partial charge in [-0.3, -0.25) is 0 Å². The predicted molar refractivity (Wildman–Crippen MR) is 79.8 cm³/mol. The summed E-state index contributed by atoms with van der Waals surface area (Å²) in [6.07, 6.45) is 0. The summed E-state index contributed by atoms with van der Waals surface area (Å²) in [5, 5.41) is 9.08. The maximum absolute atomic E-state index is 12.4. The number of aliphatic hydroxyl groups is 1. The molecule has 1 saturated heterocycles. The number of hydrogen-bond donors (Lipinski definition) is 1. The molecule has 21 heavy (non-hydrogen) atoms. The molecule has 1 aromatic rings. The van der Waals surface area contributed by atoms with Crippen LogP contribution in [-0.2, 0) is 32.2 Å². The van der Waals surface area contributed by atoms with E-state index in [0.29, 0.717) is 11.1 Å². The van der Waals surface area contributed by atoms with Crippen LogP contribution in [-0.4, -0.2) is 50.3 Å². The van der Waals surface area contributed by atoms with Crippen LogP contribution in [0.15, 0.2) is 24.3 Å². The van der Waals surface area contributed by atoms with Gasteiger partial charge in [-0.05, 0) is 18.1 Å². The highest BCUT2D eigenvalue weighted by molar-refractivity contribution is 7.92. The summed E-state index contributed by atoms with van der Waals surface area (Å²) in [5.41, 5.74) is 1.24. The normalized spacial score (nSPS) is 23.0. The quantitative estimate of drug-likeness (QED) is 0.845. The van der Waals surface area contributed by atoms with Crippen molar-refractivity contribution in [1.29, 1.82) is 0 Å². The first-order valence-electron chi connectivity index (χ1n) is 6.62. The number of sulfone groups is 1. The van der Waals surface area contributed by atoms with E-state index in [9.17, 15) is 16.8 Å². The first kappa shape index (κ1) is 16.4. The first-order valence-corrected chi connectivity index (χ1v) is 10.1. The first-order chi connectivity index (χ1) is 9.73.